The second-order valence-electron chi connectivity index (χ2n) is 6.74. The predicted molar refractivity (Wildman–Crippen MR) is 105 cm³/mol. The van der Waals surface area contributed by atoms with Crippen LogP contribution in [0.15, 0.2) is 53.3 Å². The molecule has 1 saturated heterocycles. The Morgan fingerprint density at radius 3 is 2.71 bits per heavy atom. The topological polar surface area (TPSA) is 68.5 Å². The predicted octanol–water partition coefficient (Wildman–Crippen LogP) is 4.38. The molecule has 0 atom stereocenters. The van der Waals surface area contributed by atoms with Crippen LogP contribution >= 0.6 is 11.6 Å². The summed E-state index contributed by atoms with van der Waals surface area (Å²) in [5.74, 6) is 1.16. The number of nitrogens with zero attached hydrogens (tertiary/aromatic N) is 3. The van der Waals surface area contributed by atoms with Gasteiger partial charge in [0.15, 0.2) is 0 Å². The lowest BCUT2D eigenvalue weighted by Gasteiger charge is -2.32. The van der Waals surface area contributed by atoms with Crippen LogP contribution in [0.3, 0.4) is 0 Å². The first kappa shape index (κ1) is 18.5. The zero-order chi connectivity index (χ0) is 19.5. The molecule has 1 fully saturated rings. The van der Waals surface area contributed by atoms with Crippen molar-refractivity contribution in [1.82, 2.24) is 15.0 Å². The molecule has 0 N–H and O–H groups in total. The van der Waals surface area contributed by atoms with Crippen molar-refractivity contribution in [3.63, 3.8) is 0 Å². The van der Waals surface area contributed by atoms with Gasteiger partial charge in [-0.1, -0.05) is 35.0 Å². The lowest BCUT2D eigenvalue weighted by molar-refractivity contribution is 0.0594. The molecule has 3 heterocycles. The maximum atomic E-state index is 13.2. The van der Waals surface area contributed by atoms with E-state index in [1.807, 2.05) is 35.2 Å². The van der Waals surface area contributed by atoms with Gasteiger partial charge in [-0.05, 0) is 25.1 Å². The third kappa shape index (κ3) is 3.73. The molecule has 0 spiro atoms. The van der Waals surface area contributed by atoms with Gasteiger partial charge < -0.3 is 14.2 Å². The highest BCUT2D eigenvalue weighted by atomic mass is 35.5. The lowest BCUT2D eigenvalue weighted by atomic mass is 10.0. The molecule has 28 heavy (non-hydrogen) atoms. The zero-order valence-corrected chi connectivity index (χ0v) is 16.2. The average molecular weight is 398 g/mol. The number of likely N-dealkylation sites (tertiary alicyclic amines) is 1. The standard InChI is InChI=1S/C21H20ClN3O3/c1-14-19(20(24-28-14)17-6-2-3-7-18(17)22)21(26)25-11-8-15(9-12-25)27-16-5-4-10-23-13-16/h2-7,10,13,15H,8-9,11-12H2,1H3. The van der Waals surface area contributed by atoms with Crippen LogP contribution in [-0.2, 0) is 0 Å². The second-order valence-corrected chi connectivity index (χ2v) is 7.15. The highest BCUT2D eigenvalue weighted by Crippen LogP contribution is 2.32. The van der Waals surface area contributed by atoms with Crippen LogP contribution in [0.1, 0.15) is 29.0 Å². The van der Waals surface area contributed by atoms with Gasteiger partial charge in [-0.3, -0.25) is 9.78 Å². The molecule has 4 rings (SSSR count). The summed E-state index contributed by atoms with van der Waals surface area (Å²) < 4.78 is 11.3. The average Bonchev–Trinajstić information content (AvgIpc) is 3.10. The fraction of sp³-hybridized carbons (Fsp3) is 0.286. The van der Waals surface area contributed by atoms with Gasteiger partial charge in [0, 0.05) is 37.7 Å². The monoisotopic (exact) mass is 397 g/mol. The van der Waals surface area contributed by atoms with Gasteiger partial charge in [-0.2, -0.15) is 0 Å². The quantitative estimate of drug-likeness (QED) is 0.653. The van der Waals surface area contributed by atoms with Crippen LogP contribution in [0.25, 0.3) is 11.3 Å². The van der Waals surface area contributed by atoms with Crippen LogP contribution < -0.4 is 4.74 Å². The van der Waals surface area contributed by atoms with Crippen LogP contribution in [0, 0.1) is 6.92 Å². The summed E-state index contributed by atoms with van der Waals surface area (Å²) in [4.78, 5) is 19.1. The van der Waals surface area contributed by atoms with E-state index in [2.05, 4.69) is 10.1 Å². The van der Waals surface area contributed by atoms with Crippen LogP contribution in [-0.4, -0.2) is 40.1 Å². The summed E-state index contributed by atoms with van der Waals surface area (Å²) in [7, 11) is 0. The second kappa shape index (κ2) is 8.02. The Bertz CT molecular complexity index is 966. The van der Waals surface area contributed by atoms with Crippen molar-refractivity contribution in [1.29, 1.82) is 0 Å². The number of piperidine rings is 1. The van der Waals surface area contributed by atoms with Crippen molar-refractivity contribution in [3.05, 3.63) is 65.1 Å². The van der Waals surface area contributed by atoms with Gasteiger partial charge in [0.05, 0.1) is 11.2 Å². The number of carbonyl (C=O) groups excluding carboxylic acids is 1. The molecule has 3 aromatic rings. The third-order valence-corrected chi connectivity index (χ3v) is 5.20. The number of hydrogen-bond acceptors (Lipinski definition) is 5. The molecule has 1 aliphatic heterocycles. The molecule has 2 aromatic heterocycles. The molecule has 7 heteroatoms. The minimum absolute atomic E-state index is 0.0693. The number of carbonyl (C=O) groups is 1. The summed E-state index contributed by atoms with van der Waals surface area (Å²) in [6, 6.07) is 11.1. The lowest BCUT2D eigenvalue weighted by Crippen LogP contribution is -2.42. The molecule has 0 saturated carbocycles. The van der Waals surface area contributed by atoms with E-state index >= 15 is 0 Å². The number of aryl methyl sites for hydroxylation is 1. The zero-order valence-electron chi connectivity index (χ0n) is 15.5. The van der Waals surface area contributed by atoms with E-state index in [1.165, 1.54) is 0 Å². The molecular weight excluding hydrogens is 378 g/mol. The molecule has 1 amide bonds. The van der Waals surface area contributed by atoms with E-state index in [9.17, 15) is 4.79 Å². The Morgan fingerprint density at radius 2 is 2.00 bits per heavy atom. The molecular formula is C21H20ClN3O3. The maximum absolute atomic E-state index is 13.2. The molecule has 6 nitrogen and oxygen atoms in total. The summed E-state index contributed by atoms with van der Waals surface area (Å²) in [5, 5.41) is 4.63. The highest BCUT2D eigenvalue weighted by molar-refractivity contribution is 6.33. The Labute approximate surface area is 168 Å². The SMILES string of the molecule is Cc1onc(-c2ccccc2Cl)c1C(=O)N1CCC(Oc2cccnc2)CC1. The van der Waals surface area contributed by atoms with E-state index < -0.39 is 0 Å². The summed E-state index contributed by atoms with van der Waals surface area (Å²) in [6.45, 7) is 2.96. The van der Waals surface area contributed by atoms with E-state index in [0.29, 0.717) is 40.7 Å². The van der Waals surface area contributed by atoms with Crippen LogP contribution in [0.2, 0.25) is 5.02 Å². The molecule has 144 valence electrons. The number of rotatable bonds is 4. The maximum Gasteiger partial charge on any atom is 0.259 e. The highest BCUT2D eigenvalue weighted by Gasteiger charge is 2.30. The molecule has 0 aliphatic carbocycles. The van der Waals surface area contributed by atoms with Crippen molar-refractivity contribution < 1.29 is 14.1 Å². The normalized spacial score (nSPS) is 14.9. The smallest absolute Gasteiger partial charge is 0.259 e. The van der Waals surface area contributed by atoms with Crippen molar-refractivity contribution in [2.75, 3.05) is 13.1 Å². The molecule has 0 bridgehead atoms. The van der Waals surface area contributed by atoms with Crippen molar-refractivity contribution in [3.8, 4) is 17.0 Å². The largest absolute Gasteiger partial charge is 0.489 e. The Morgan fingerprint density at radius 1 is 1.21 bits per heavy atom. The summed E-state index contributed by atoms with van der Waals surface area (Å²) in [5.41, 5.74) is 1.65. The Balaban J connectivity index is 1.48. The fourth-order valence-corrected chi connectivity index (χ4v) is 3.63. The van der Waals surface area contributed by atoms with Gasteiger partial charge in [-0.25, -0.2) is 0 Å². The van der Waals surface area contributed by atoms with Gasteiger partial charge in [0.25, 0.3) is 5.91 Å². The van der Waals surface area contributed by atoms with Crippen LogP contribution in [0.5, 0.6) is 5.75 Å². The molecule has 0 radical (unpaired) electrons. The first-order valence-corrected chi connectivity index (χ1v) is 9.58. The first-order valence-electron chi connectivity index (χ1n) is 9.20. The molecule has 1 aromatic carbocycles. The van der Waals surface area contributed by atoms with Crippen LogP contribution in [0.4, 0.5) is 0 Å². The number of benzene rings is 1. The molecule has 1 aliphatic rings. The number of amides is 1. The number of ether oxygens (including phenoxy) is 1. The Hall–Kier alpha value is -2.86. The number of pyridine rings is 1. The van der Waals surface area contributed by atoms with Gasteiger partial charge >= 0.3 is 0 Å². The summed E-state index contributed by atoms with van der Waals surface area (Å²) in [6.07, 6.45) is 5.00. The van der Waals surface area contributed by atoms with E-state index in [0.717, 1.165) is 18.6 Å². The van der Waals surface area contributed by atoms with E-state index in [1.54, 1.807) is 25.4 Å². The minimum atomic E-state index is -0.0894. The van der Waals surface area contributed by atoms with Crippen molar-refractivity contribution in [2.45, 2.75) is 25.9 Å². The molecule has 0 unspecified atom stereocenters. The van der Waals surface area contributed by atoms with E-state index in [-0.39, 0.29) is 12.0 Å². The first-order chi connectivity index (χ1) is 13.6. The number of aromatic nitrogens is 2. The number of halogens is 1. The van der Waals surface area contributed by atoms with Crippen molar-refractivity contribution >= 4 is 17.5 Å². The van der Waals surface area contributed by atoms with Gasteiger partial charge in [0.1, 0.15) is 28.9 Å². The van der Waals surface area contributed by atoms with Gasteiger partial charge in [0.2, 0.25) is 0 Å². The summed E-state index contributed by atoms with van der Waals surface area (Å²) >= 11 is 6.30. The third-order valence-electron chi connectivity index (χ3n) is 4.87. The van der Waals surface area contributed by atoms with Gasteiger partial charge in [-0.15, -0.1) is 0 Å². The number of hydrogen-bond donors (Lipinski definition) is 0. The fourth-order valence-electron chi connectivity index (χ4n) is 3.41. The minimum Gasteiger partial charge on any atom is -0.489 e. The van der Waals surface area contributed by atoms with E-state index in [4.69, 9.17) is 20.9 Å². The Kier molecular flexibility index (Phi) is 5.30. The van der Waals surface area contributed by atoms with Crippen molar-refractivity contribution in [2.24, 2.45) is 0 Å².